The molecule has 1 rings (SSSR count). The first-order valence-corrected chi connectivity index (χ1v) is 6.00. The van der Waals surface area contributed by atoms with Crippen molar-refractivity contribution in [3.63, 3.8) is 0 Å². The van der Waals surface area contributed by atoms with Gasteiger partial charge in [-0.25, -0.2) is 0 Å². The van der Waals surface area contributed by atoms with Gasteiger partial charge in [0.15, 0.2) is 0 Å². The van der Waals surface area contributed by atoms with E-state index in [4.69, 9.17) is 18.0 Å². The lowest BCUT2D eigenvalue weighted by atomic mass is 9.93. The fraction of sp³-hybridized carbons (Fsp3) is 0.357. The largest absolute Gasteiger partial charge is 0.336 e. The van der Waals surface area contributed by atoms with Gasteiger partial charge in [-0.1, -0.05) is 37.4 Å². The van der Waals surface area contributed by atoms with Crippen molar-refractivity contribution in [1.82, 2.24) is 5.32 Å². The van der Waals surface area contributed by atoms with E-state index in [1.807, 2.05) is 13.8 Å². The van der Waals surface area contributed by atoms with Crippen LogP contribution >= 0.6 is 11.6 Å². The minimum atomic E-state index is -0.570. The van der Waals surface area contributed by atoms with Gasteiger partial charge in [0, 0.05) is 10.6 Å². The maximum absolute atomic E-state index is 12.0. The van der Waals surface area contributed by atoms with Crippen molar-refractivity contribution < 1.29 is 4.79 Å². The lowest BCUT2D eigenvalue weighted by molar-refractivity contribution is 0.0916. The zero-order valence-electron chi connectivity index (χ0n) is 10.1. The van der Waals surface area contributed by atoms with Crippen LogP contribution in [-0.4, -0.2) is 11.4 Å². The summed E-state index contributed by atoms with van der Waals surface area (Å²) in [5.41, 5.74) is -0.0432. The summed E-state index contributed by atoms with van der Waals surface area (Å²) >= 11 is 5.84. The topological polar surface area (TPSA) is 29.1 Å². The molecule has 0 saturated heterocycles. The first-order chi connectivity index (χ1) is 8.06. The first kappa shape index (κ1) is 13.6. The number of carbonyl (C=O) groups excluding carboxylic acids is 1. The molecule has 0 aliphatic carbocycles. The van der Waals surface area contributed by atoms with Gasteiger partial charge in [0.05, 0.1) is 0 Å². The molecular formula is C14H16ClNO. The summed E-state index contributed by atoms with van der Waals surface area (Å²) < 4.78 is 0. The Kier molecular flexibility index (Phi) is 4.60. The minimum Gasteiger partial charge on any atom is -0.336 e. The molecule has 1 aromatic rings. The van der Waals surface area contributed by atoms with E-state index in [1.54, 1.807) is 24.3 Å². The molecule has 0 unspecified atom stereocenters. The van der Waals surface area contributed by atoms with Crippen molar-refractivity contribution in [1.29, 1.82) is 0 Å². The number of nitrogens with one attached hydrogen (secondary N) is 1. The van der Waals surface area contributed by atoms with E-state index in [0.29, 0.717) is 23.4 Å². The van der Waals surface area contributed by atoms with Crippen LogP contribution in [0.1, 0.15) is 37.0 Å². The van der Waals surface area contributed by atoms with Crippen molar-refractivity contribution in [2.24, 2.45) is 0 Å². The number of amides is 1. The molecule has 0 aliphatic rings. The van der Waals surface area contributed by atoms with E-state index in [2.05, 4.69) is 11.2 Å². The van der Waals surface area contributed by atoms with Gasteiger partial charge in [0.2, 0.25) is 0 Å². The lowest BCUT2D eigenvalue weighted by Crippen LogP contribution is -2.46. The van der Waals surface area contributed by atoms with Crippen LogP contribution in [0.2, 0.25) is 5.02 Å². The zero-order valence-corrected chi connectivity index (χ0v) is 10.8. The maximum Gasteiger partial charge on any atom is 0.252 e. The van der Waals surface area contributed by atoms with E-state index in [0.717, 1.165) is 0 Å². The van der Waals surface area contributed by atoms with Crippen molar-refractivity contribution in [3.8, 4) is 12.3 Å². The Labute approximate surface area is 107 Å². The molecule has 1 amide bonds. The Morgan fingerprint density at radius 1 is 1.47 bits per heavy atom. The molecule has 0 aliphatic heterocycles. The van der Waals surface area contributed by atoms with Gasteiger partial charge in [0.1, 0.15) is 5.54 Å². The minimum absolute atomic E-state index is 0.186. The number of rotatable bonds is 4. The molecule has 0 spiro atoms. The van der Waals surface area contributed by atoms with E-state index >= 15 is 0 Å². The highest BCUT2D eigenvalue weighted by Crippen LogP contribution is 2.16. The van der Waals surface area contributed by atoms with Crippen LogP contribution < -0.4 is 5.32 Å². The predicted octanol–water partition coefficient (Wildman–Crippen LogP) is 3.26. The van der Waals surface area contributed by atoms with E-state index in [1.165, 1.54) is 0 Å². The molecule has 2 nitrogen and oxygen atoms in total. The van der Waals surface area contributed by atoms with Gasteiger partial charge in [-0.2, -0.15) is 0 Å². The third-order valence-corrected chi connectivity index (χ3v) is 3.16. The Balaban J connectivity index is 2.89. The molecule has 90 valence electrons. The third-order valence-electron chi connectivity index (χ3n) is 2.92. The van der Waals surface area contributed by atoms with Gasteiger partial charge < -0.3 is 5.32 Å². The van der Waals surface area contributed by atoms with E-state index in [-0.39, 0.29) is 5.91 Å². The highest BCUT2D eigenvalue weighted by Gasteiger charge is 2.25. The maximum atomic E-state index is 12.0. The summed E-state index contributed by atoms with van der Waals surface area (Å²) in [6.07, 6.45) is 6.90. The molecule has 0 fully saturated rings. The molecule has 1 N–H and O–H groups in total. The fourth-order valence-corrected chi connectivity index (χ4v) is 1.78. The van der Waals surface area contributed by atoms with E-state index in [9.17, 15) is 4.79 Å². The average molecular weight is 250 g/mol. The molecule has 0 radical (unpaired) electrons. The van der Waals surface area contributed by atoms with Gasteiger partial charge in [-0.15, -0.1) is 6.42 Å². The molecular weight excluding hydrogens is 234 g/mol. The quantitative estimate of drug-likeness (QED) is 0.816. The normalized spacial score (nSPS) is 10.7. The van der Waals surface area contributed by atoms with Crippen molar-refractivity contribution in [3.05, 3.63) is 34.9 Å². The summed E-state index contributed by atoms with van der Waals surface area (Å²) in [4.78, 5) is 12.0. The first-order valence-electron chi connectivity index (χ1n) is 5.62. The SMILES string of the molecule is C#CC(CC)(CC)NC(=O)c1cccc(Cl)c1. The molecule has 0 aromatic heterocycles. The molecule has 0 bridgehead atoms. The third kappa shape index (κ3) is 3.25. The monoisotopic (exact) mass is 249 g/mol. The van der Waals surface area contributed by atoms with Gasteiger partial charge in [-0.3, -0.25) is 4.79 Å². The standard InChI is InChI=1S/C14H16ClNO/c1-4-14(5-2,6-3)16-13(17)11-8-7-9-12(15)10-11/h1,7-10H,5-6H2,2-3H3,(H,16,17). The highest BCUT2D eigenvalue weighted by atomic mass is 35.5. The molecule has 0 saturated carbocycles. The molecule has 17 heavy (non-hydrogen) atoms. The summed E-state index contributed by atoms with van der Waals surface area (Å²) in [7, 11) is 0. The zero-order chi connectivity index (χ0) is 12.9. The molecule has 0 atom stereocenters. The van der Waals surface area contributed by atoms with Crippen LogP contribution in [0.15, 0.2) is 24.3 Å². The molecule has 3 heteroatoms. The summed E-state index contributed by atoms with van der Waals surface area (Å²) in [5.74, 6) is 2.48. The Morgan fingerprint density at radius 3 is 2.59 bits per heavy atom. The molecule has 0 heterocycles. The Hall–Kier alpha value is -1.46. The van der Waals surface area contributed by atoms with Crippen molar-refractivity contribution >= 4 is 17.5 Å². The second kappa shape index (κ2) is 5.75. The van der Waals surface area contributed by atoms with Crippen LogP contribution in [-0.2, 0) is 0 Å². The van der Waals surface area contributed by atoms with Crippen LogP contribution in [0.4, 0.5) is 0 Å². The Morgan fingerprint density at radius 2 is 2.12 bits per heavy atom. The predicted molar refractivity (Wildman–Crippen MR) is 71.1 cm³/mol. The smallest absolute Gasteiger partial charge is 0.252 e. The fourth-order valence-electron chi connectivity index (χ4n) is 1.59. The van der Waals surface area contributed by atoms with Gasteiger partial charge >= 0.3 is 0 Å². The lowest BCUT2D eigenvalue weighted by Gasteiger charge is -2.27. The summed E-state index contributed by atoms with van der Waals surface area (Å²) in [6.45, 7) is 3.92. The van der Waals surface area contributed by atoms with Gasteiger partial charge in [-0.05, 0) is 31.0 Å². The number of halogens is 1. The van der Waals surface area contributed by atoms with Crippen LogP contribution in [0.25, 0.3) is 0 Å². The van der Waals surface area contributed by atoms with Crippen LogP contribution in [0, 0.1) is 12.3 Å². The highest BCUT2D eigenvalue weighted by molar-refractivity contribution is 6.30. The van der Waals surface area contributed by atoms with E-state index < -0.39 is 5.54 Å². The number of carbonyl (C=O) groups is 1. The molecule has 1 aromatic carbocycles. The average Bonchev–Trinajstić information content (AvgIpc) is 2.36. The second-order valence-electron chi connectivity index (χ2n) is 3.90. The van der Waals surface area contributed by atoms with Crippen molar-refractivity contribution in [2.45, 2.75) is 32.2 Å². The number of terminal acetylenes is 1. The summed E-state index contributed by atoms with van der Waals surface area (Å²) in [6, 6.07) is 6.82. The second-order valence-corrected chi connectivity index (χ2v) is 4.33. The number of hydrogen-bond donors (Lipinski definition) is 1. The van der Waals surface area contributed by atoms with Crippen molar-refractivity contribution in [2.75, 3.05) is 0 Å². The summed E-state index contributed by atoms with van der Waals surface area (Å²) in [5, 5.41) is 3.43. The van der Waals surface area contributed by atoms with Crippen LogP contribution in [0.5, 0.6) is 0 Å². The van der Waals surface area contributed by atoms with Gasteiger partial charge in [0.25, 0.3) is 5.91 Å². The number of benzene rings is 1. The van der Waals surface area contributed by atoms with Crippen LogP contribution in [0.3, 0.4) is 0 Å². The Bertz CT molecular complexity index is 444. The number of hydrogen-bond acceptors (Lipinski definition) is 1.